The number of benzene rings is 1. The van der Waals surface area contributed by atoms with Crippen LogP contribution in [0.25, 0.3) is 0 Å². The minimum absolute atomic E-state index is 0.136. The number of carbonyl (C=O) groups is 2. The van der Waals surface area contributed by atoms with E-state index < -0.39 is 0 Å². The lowest BCUT2D eigenvalue weighted by atomic mass is 10.2. The van der Waals surface area contributed by atoms with Gasteiger partial charge in [-0.1, -0.05) is 0 Å². The average Bonchev–Trinajstić information content (AvgIpc) is 2.64. The first-order chi connectivity index (χ1) is 9.11. The minimum atomic E-state index is 0.136. The van der Waals surface area contributed by atoms with Gasteiger partial charge >= 0.3 is 0 Å². The number of halogens is 1. The molecule has 1 aromatic rings. The number of hydrogen-bond donors (Lipinski definition) is 0. The van der Waals surface area contributed by atoms with Crippen molar-refractivity contribution in [1.29, 1.82) is 0 Å². The monoisotopic (exact) mass is 324 g/mol. The molecule has 4 nitrogen and oxygen atoms in total. The van der Waals surface area contributed by atoms with Gasteiger partial charge in [-0.2, -0.15) is 0 Å². The van der Waals surface area contributed by atoms with Gasteiger partial charge in [0.2, 0.25) is 5.91 Å². The second kappa shape index (κ2) is 6.19. The highest BCUT2D eigenvalue weighted by molar-refractivity contribution is 9.10. The number of carbonyl (C=O) groups excluding carboxylic acids is 2. The van der Waals surface area contributed by atoms with Crippen molar-refractivity contribution in [2.24, 2.45) is 0 Å². The molecule has 1 aliphatic heterocycles. The van der Waals surface area contributed by atoms with Crippen LogP contribution in [0.5, 0.6) is 0 Å². The van der Waals surface area contributed by atoms with Crippen LogP contribution in [0, 0.1) is 0 Å². The molecule has 1 heterocycles. The van der Waals surface area contributed by atoms with Crippen molar-refractivity contribution in [1.82, 2.24) is 4.90 Å². The highest BCUT2D eigenvalue weighted by Crippen LogP contribution is 2.27. The Labute approximate surface area is 121 Å². The maximum Gasteiger partial charge on any atom is 0.219 e. The molecular formula is C14H17BrN2O2. The third kappa shape index (κ3) is 3.35. The molecule has 0 bridgehead atoms. The highest BCUT2D eigenvalue weighted by atomic mass is 79.9. The van der Waals surface area contributed by atoms with E-state index in [4.69, 9.17) is 0 Å². The molecule has 0 N–H and O–H groups in total. The van der Waals surface area contributed by atoms with Gasteiger partial charge in [-0.05, 0) is 40.5 Å². The van der Waals surface area contributed by atoms with E-state index in [0.717, 1.165) is 49.0 Å². The van der Waals surface area contributed by atoms with Crippen LogP contribution in [0.4, 0.5) is 5.69 Å². The molecule has 19 heavy (non-hydrogen) atoms. The van der Waals surface area contributed by atoms with Gasteiger partial charge < -0.3 is 9.80 Å². The van der Waals surface area contributed by atoms with Crippen molar-refractivity contribution >= 4 is 33.8 Å². The maximum atomic E-state index is 11.4. The fraction of sp³-hybridized carbons (Fsp3) is 0.429. The molecule has 1 aromatic carbocycles. The Bertz CT molecular complexity index is 490. The third-order valence-corrected chi connectivity index (χ3v) is 4.02. The second-order valence-electron chi connectivity index (χ2n) is 4.68. The molecular weight excluding hydrogens is 308 g/mol. The first-order valence-corrected chi connectivity index (χ1v) is 7.16. The summed E-state index contributed by atoms with van der Waals surface area (Å²) < 4.78 is 0.924. The Morgan fingerprint density at radius 3 is 2.68 bits per heavy atom. The summed E-state index contributed by atoms with van der Waals surface area (Å²) in [6, 6.07) is 5.61. The van der Waals surface area contributed by atoms with Gasteiger partial charge in [0.25, 0.3) is 0 Å². The van der Waals surface area contributed by atoms with E-state index in [1.54, 1.807) is 6.92 Å². The average molecular weight is 325 g/mol. The summed E-state index contributed by atoms with van der Waals surface area (Å²) in [6.45, 7) is 4.92. The fourth-order valence-electron chi connectivity index (χ4n) is 2.33. The molecule has 0 unspecified atom stereocenters. The summed E-state index contributed by atoms with van der Waals surface area (Å²) >= 11 is 3.51. The lowest BCUT2D eigenvalue weighted by Gasteiger charge is -2.24. The summed E-state index contributed by atoms with van der Waals surface area (Å²) in [5.74, 6) is 0.136. The van der Waals surface area contributed by atoms with Crippen LogP contribution < -0.4 is 4.90 Å². The summed E-state index contributed by atoms with van der Waals surface area (Å²) in [5, 5.41) is 0. The smallest absolute Gasteiger partial charge is 0.219 e. The Hall–Kier alpha value is -1.36. The van der Waals surface area contributed by atoms with Crippen LogP contribution in [0.1, 0.15) is 23.7 Å². The number of aldehydes is 1. The maximum absolute atomic E-state index is 11.4. The van der Waals surface area contributed by atoms with Crippen molar-refractivity contribution in [2.75, 3.05) is 31.1 Å². The van der Waals surface area contributed by atoms with E-state index >= 15 is 0 Å². The largest absolute Gasteiger partial charge is 0.369 e. The molecule has 102 valence electrons. The normalized spacial score (nSPS) is 16.1. The zero-order valence-corrected chi connectivity index (χ0v) is 12.5. The predicted octanol–water partition coefficient (Wildman–Crippen LogP) is 2.32. The van der Waals surface area contributed by atoms with Crippen molar-refractivity contribution in [3.05, 3.63) is 28.2 Å². The van der Waals surface area contributed by atoms with Gasteiger partial charge in [-0.25, -0.2) is 0 Å². The van der Waals surface area contributed by atoms with Crippen LogP contribution in [0.15, 0.2) is 22.7 Å². The molecule has 0 aromatic heterocycles. The molecule has 1 fully saturated rings. The Balaban J connectivity index is 2.14. The van der Waals surface area contributed by atoms with E-state index in [1.807, 2.05) is 23.1 Å². The number of amides is 1. The van der Waals surface area contributed by atoms with Crippen LogP contribution in [0.3, 0.4) is 0 Å². The molecule has 2 rings (SSSR count). The Morgan fingerprint density at radius 1 is 1.26 bits per heavy atom. The van der Waals surface area contributed by atoms with E-state index in [2.05, 4.69) is 20.8 Å². The van der Waals surface area contributed by atoms with Gasteiger partial charge in [-0.15, -0.1) is 0 Å². The number of nitrogens with zero attached hydrogens (tertiary/aromatic N) is 2. The van der Waals surface area contributed by atoms with Gasteiger partial charge in [-0.3, -0.25) is 9.59 Å². The Kier molecular flexibility index (Phi) is 4.58. The SMILES string of the molecule is CC(=O)N1CCCN(c2ccc(C=O)cc2Br)CC1. The molecule has 0 radical (unpaired) electrons. The van der Waals surface area contributed by atoms with Gasteiger partial charge in [0.05, 0.1) is 5.69 Å². The van der Waals surface area contributed by atoms with Crippen molar-refractivity contribution in [3.8, 4) is 0 Å². The lowest BCUT2D eigenvalue weighted by molar-refractivity contribution is -0.128. The van der Waals surface area contributed by atoms with E-state index in [9.17, 15) is 9.59 Å². The molecule has 1 aliphatic rings. The summed E-state index contributed by atoms with van der Waals surface area (Å²) in [4.78, 5) is 26.3. The van der Waals surface area contributed by atoms with Gasteiger partial charge in [0, 0.05) is 43.1 Å². The standard InChI is InChI=1S/C14H17BrN2O2/c1-11(19)16-5-2-6-17(8-7-16)14-4-3-12(10-18)9-13(14)15/h3-4,9-10H,2,5-8H2,1H3. The number of rotatable bonds is 2. The topological polar surface area (TPSA) is 40.6 Å². The van der Waals surface area contributed by atoms with E-state index in [-0.39, 0.29) is 5.91 Å². The van der Waals surface area contributed by atoms with E-state index in [1.165, 1.54) is 0 Å². The van der Waals surface area contributed by atoms with Gasteiger partial charge in [0.1, 0.15) is 6.29 Å². The number of anilines is 1. The highest BCUT2D eigenvalue weighted by Gasteiger charge is 2.18. The zero-order valence-electron chi connectivity index (χ0n) is 10.9. The molecule has 0 spiro atoms. The van der Waals surface area contributed by atoms with Crippen LogP contribution >= 0.6 is 15.9 Å². The van der Waals surface area contributed by atoms with Gasteiger partial charge in [0.15, 0.2) is 0 Å². The fourth-order valence-corrected chi connectivity index (χ4v) is 2.97. The summed E-state index contributed by atoms with van der Waals surface area (Å²) in [6.07, 6.45) is 1.80. The van der Waals surface area contributed by atoms with Crippen LogP contribution in [0.2, 0.25) is 0 Å². The van der Waals surface area contributed by atoms with Crippen LogP contribution in [-0.4, -0.2) is 43.3 Å². The molecule has 0 aliphatic carbocycles. The van der Waals surface area contributed by atoms with Crippen molar-refractivity contribution < 1.29 is 9.59 Å². The van der Waals surface area contributed by atoms with Crippen LogP contribution in [-0.2, 0) is 4.79 Å². The zero-order chi connectivity index (χ0) is 13.8. The third-order valence-electron chi connectivity index (χ3n) is 3.39. The first-order valence-electron chi connectivity index (χ1n) is 6.37. The quantitative estimate of drug-likeness (QED) is 0.784. The predicted molar refractivity (Wildman–Crippen MR) is 78.6 cm³/mol. The summed E-state index contributed by atoms with van der Waals surface area (Å²) in [7, 11) is 0. The van der Waals surface area contributed by atoms with Crippen molar-refractivity contribution in [2.45, 2.75) is 13.3 Å². The Morgan fingerprint density at radius 2 is 2.05 bits per heavy atom. The lowest BCUT2D eigenvalue weighted by Crippen LogP contribution is -2.33. The molecule has 1 saturated heterocycles. The molecule has 0 saturated carbocycles. The van der Waals surface area contributed by atoms with E-state index in [0.29, 0.717) is 5.56 Å². The second-order valence-corrected chi connectivity index (χ2v) is 5.53. The molecule has 1 amide bonds. The first kappa shape index (κ1) is 14.1. The number of hydrogen-bond acceptors (Lipinski definition) is 3. The molecule has 5 heteroatoms. The van der Waals surface area contributed by atoms with Crippen molar-refractivity contribution in [3.63, 3.8) is 0 Å². The summed E-state index contributed by atoms with van der Waals surface area (Å²) in [5.41, 5.74) is 1.74. The minimum Gasteiger partial charge on any atom is -0.369 e. The molecule has 0 atom stereocenters.